The number of hydrogen-bond donors (Lipinski definition) is 2. The molecule has 0 saturated carbocycles. The maximum Gasteiger partial charge on any atom is 0.242 e. The van der Waals surface area contributed by atoms with Crippen LogP contribution in [-0.4, -0.2) is 48.4 Å². The van der Waals surface area contributed by atoms with Gasteiger partial charge < -0.3 is 15.5 Å². The Morgan fingerprint density at radius 2 is 2.06 bits per heavy atom. The molecule has 0 aliphatic carbocycles. The van der Waals surface area contributed by atoms with Crippen LogP contribution in [0.2, 0.25) is 0 Å². The van der Waals surface area contributed by atoms with Gasteiger partial charge in [0.25, 0.3) is 0 Å². The minimum Gasteiger partial charge on any atom is -0.354 e. The molecule has 0 bridgehead atoms. The van der Waals surface area contributed by atoms with Crippen molar-refractivity contribution < 1.29 is 9.59 Å². The van der Waals surface area contributed by atoms with Gasteiger partial charge in [-0.25, -0.2) is 0 Å². The zero-order valence-corrected chi connectivity index (χ0v) is 11.7. The van der Waals surface area contributed by atoms with Crippen LogP contribution in [0.1, 0.15) is 40.0 Å². The quantitative estimate of drug-likeness (QED) is 0.696. The normalized spacial score (nSPS) is 21.2. The Morgan fingerprint density at radius 1 is 1.39 bits per heavy atom. The molecular weight excluding hydrogens is 230 g/mol. The second kappa shape index (κ2) is 7.36. The van der Waals surface area contributed by atoms with Crippen LogP contribution in [0.25, 0.3) is 0 Å². The first-order chi connectivity index (χ1) is 8.61. The van der Waals surface area contributed by atoms with E-state index in [1.54, 1.807) is 11.8 Å². The minimum atomic E-state index is -0.363. The fourth-order valence-corrected chi connectivity index (χ4v) is 2.13. The van der Waals surface area contributed by atoms with Crippen molar-refractivity contribution >= 4 is 11.8 Å². The van der Waals surface area contributed by atoms with Gasteiger partial charge in [-0.2, -0.15) is 0 Å². The van der Waals surface area contributed by atoms with Crippen molar-refractivity contribution in [3.05, 3.63) is 0 Å². The summed E-state index contributed by atoms with van der Waals surface area (Å²) in [4.78, 5) is 25.6. The molecule has 2 amide bonds. The minimum absolute atomic E-state index is 0.0543. The lowest BCUT2D eigenvalue weighted by Gasteiger charge is -2.24. The van der Waals surface area contributed by atoms with Gasteiger partial charge in [-0.15, -0.1) is 0 Å². The third-order valence-corrected chi connectivity index (χ3v) is 3.28. The average molecular weight is 255 g/mol. The SMILES string of the molecule is CCCNC(=O)C(C)N1CCC(NCCC)C1=O. The first-order valence-electron chi connectivity index (χ1n) is 6.93. The van der Waals surface area contributed by atoms with Crippen molar-refractivity contribution in [1.82, 2.24) is 15.5 Å². The van der Waals surface area contributed by atoms with Crippen molar-refractivity contribution in [2.45, 2.75) is 52.1 Å². The molecule has 0 aromatic heterocycles. The molecule has 2 unspecified atom stereocenters. The highest BCUT2D eigenvalue weighted by Crippen LogP contribution is 2.14. The Bertz CT molecular complexity index is 294. The van der Waals surface area contributed by atoms with Gasteiger partial charge in [0.1, 0.15) is 6.04 Å². The highest BCUT2D eigenvalue weighted by atomic mass is 16.2. The highest BCUT2D eigenvalue weighted by Gasteiger charge is 2.36. The number of amides is 2. The third-order valence-electron chi connectivity index (χ3n) is 3.28. The molecule has 0 spiro atoms. The maximum absolute atomic E-state index is 12.1. The van der Waals surface area contributed by atoms with Gasteiger partial charge in [-0.3, -0.25) is 9.59 Å². The van der Waals surface area contributed by atoms with E-state index in [0.29, 0.717) is 13.1 Å². The Hall–Kier alpha value is -1.10. The summed E-state index contributed by atoms with van der Waals surface area (Å²) >= 11 is 0. The molecule has 2 atom stereocenters. The van der Waals surface area contributed by atoms with Crippen molar-refractivity contribution in [2.24, 2.45) is 0 Å². The molecule has 1 fully saturated rings. The highest BCUT2D eigenvalue weighted by molar-refractivity contribution is 5.90. The number of nitrogens with zero attached hydrogens (tertiary/aromatic N) is 1. The molecule has 104 valence electrons. The molecule has 0 aromatic rings. The van der Waals surface area contributed by atoms with Crippen LogP contribution in [0.4, 0.5) is 0 Å². The van der Waals surface area contributed by atoms with Crippen LogP contribution in [0.3, 0.4) is 0 Å². The summed E-state index contributed by atoms with van der Waals surface area (Å²) in [6, 6.07) is -0.469. The standard InChI is InChI=1S/C13H25N3O2/c1-4-7-14-11-6-9-16(13(11)18)10(3)12(17)15-8-5-2/h10-11,14H,4-9H2,1-3H3,(H,15,17). The van der Waals surface area contributed by atoms with E-state index in [2.05, 4.69) is 17.6 Å². The summed E-state index contributed by atoms with van der Waals surface area (Å²) in [5.41, 5.74) is 0. The summed E-state index contributed by atoms with van der Waals surface area (Å²) in [6.07, 6.45) is 2.72. The van der Waals surface area contributed by atoms with Crippen LogP contribution in [0.15, 0.2) is 0 Å². The average Bonchev–Trinajstić information content (AvgIpc) is 2.74. The molecule has 5 nitrogen and oxygen atoms in total. The first kappa shape index (κ1) is 15.0. The predicted molar refractivity (Wildman–Crippen MR) is 71.2 cm³/mol. The molecule has 2 N–H and O–H groups in total. The Kier molecular flexibility index (Phi) is 6.12. The molecule has 1 aliphatic rings. The van der Waals surface area contributed by atoms with Crippen molar-refractivity contribution in [1.29, 1.82) is 0 Å². The lowest BCUT2D eigenvalue weighted by molar-refractivity contribution is -0.137. The van der Waals surface area contributed by atoms with E-state index in [1.807, 2.05) is 6.92 Å². The molecule has 1 saturated heterocycles. The summed E-state index contributed by atoms with van der Waals surface area (Å²) < 4.78 is 0. The maximum atomic E-state index is 12.1. The molecule has 1 rings (SSSR count). The summed E-state index contributed by atoms with van der Waals surface area (Å²) in [5, 5.41) is 6.06. The molecular formula is C13H25N3O2. The predicted octanol–water partition coefficient (Wildman–Crippen LogP) is 0.502. The fourth-order valence-electron chi connectivity index (χ4n) is 2.13. The van der Waals surface area contributed by atoms with Gasteiger partial charge >= 0.3 is 0 Å². The van der Waals surface area contributed by atoms with Crippen LogP contribution in [-0.2, 0) is 9.59 Å². The molecule has 0 aromatic carbocycles. The molecule has 0 radical (unpaired) electrons. The van der Waals surface area contributed by atoms with Gasteiger partial charge in [0.15, 0.2) is 0 Å². The third kappa shape index (κ3) is 3.70. The van der Waals surface area contributed by atoms with E-state index in [0.717, 1.165) is 25.8 Å². The van der Waals surface area contributed by atoms with Gasteiger partial charge in [0, 0.05) is 13.1 Å². The molecule has 18 heavy (non-hydrogen) atoms. The smallest absolute Gasteiger partial charge is 0.242 e. The van der Waals surface area contributed by atoms with Crippen molar-refractivity contribution in [3.63, 3.8) is 0 Å². The van der Waals surface area contributed by atoms with Crippen molar-refractivity contribution in [3.8, 4) is 0 Å². The van der Waals surface area contributed by atoms with Gasteiger partial charge in [0.2, 0.25) is 11.8 Å². The lowest BCUT2D eigenvalue weighted by atomic mass is 10.2. The largest absolute Gasteiger partial charge is 0.354 e. The van der Waals surface area contributed by atoms with E-state index in [1.165, 1.54) is 0 Å². The van der Waals surface area contributed by atoms with E-state index >= 15 is 0 Å². The second-order valence-corrected chi connectivity index (χ2v) is 4.79. The van der Waals surface area contributed by atoms with E-state index < -0.39 is 0 Å². The van der Waals surface area contributed by atoms with Crippen LogP contribution in [0.5, 0.6) is 0 Å². The van der Waals surface area contributed by atoms with Gasteiger partial charge in [0.05, 0.1) is 6.04 Å². The van der Waals surface area contributed by atoms with E-state index in [4.69, 9.17) is 0 Å². The van der Waals surface area contributed by atoms with Gasteiger partial charge in [-0.1, -0.05) is 13.8 Å². The summed E-state index contributed by atoms with van der Waals surface area (Å²) in [5.74, 6) is 0.00365. The Balaban J connectivity index is 2.47. The first-order valence-corrected chi connectivity index (χ1v) is 6.93. The topological polar surface area (TPSA) is 61.4 Å². The van der Waals surface area contributed by atoms with Crippen LogP contribution >= 0.6 is 0 Å². The van der Waals surface area contributed by atoms with Crippen LogP contribution < -0.4 is 10.6 Å². The lowest BCUT2D eigenvalue weighted by Crippen LogP contribution is -2.48. The number of carbonyl (C=O) groups is 2. The molecule has 5 heteroatoms. The van der Waals surface area contributed by atoms with E-state index in [-0.39, 0.29) is 23.9 Å². The zero-order chi connectivity index (χ0) is 13.5. The Morgan fingerprint density at radius 3 is 2.67 bits per heavy atom. The number of rotatable bonds is 7. The zero-order valence-electron chi connectivity index (χ0n) is 11.7. The number of carbonyl (C=O) groups excluding carboxylic acids is 2. The van der Waals surface area contributed by atoms with Gasteiger partial charge in [-0.05, 0) is 32.7 Å². The summed E-state index contributed by atoms with van der Waals surface area (Å²) in [6.45, 7) is 8.07. The monoisotopic (exact) mass is 255 g/mol. The number of likely N-dealkylation sites (tertiary alicyclic amines) is 1. The molecule has 1 aliphatic heterocycles. The molecule has 1 heterocycles. The fraction of sp³-hybridized carbons (Fsp3) is 0.846. The van der Waals surface area contributed by atoms with Crippen molar-refractivity contribution in [2.75, 3.05) is 19.6 Å². The number of hydrogen-bond acceptors (Lipinski definition) is 3. The number of nitrogens with one attached hydrogen (secondary N) is 2. The van der Waals surface area contributed by atoms with E-state index in [9.17, 15) is 9.59 Å². The second-order valence-electron chi connectivity index (χ2n) is 4.79. The summed E-state index contributed by atoms with van der Waals surface area (Å²) in [7, 11) is 0. The van der Waals surface area contributed by atoms with Crippen LogP contribution in [0, 0.1) is 0 Å². The Labute approximate surface area is 109 Å².